The zero-order valence-corrected chi connectivity index (χ0v) is 10.3. The molecule has 0 saturated carbocycles. The number of nitrogens with zero attached hydrogens (tertiary/aromatic N) is 3. The van der Waals surface area contributed by atoms with Crippen LogP contribution in [0.2, 0.25) is 0 Å². The maximum Gasteiger partial charge on any atom is 0.270 e. The van der Waals surface area contributed by atoms with E-state index in [4.69, 9.17) is 0 Å². The number of nitrogens with one attached hydrogen (secondary N) is 1. The SMILES string of the molecule is Cc1nc2cnccn2c1C(=O)NCC(C)C. The molecule has 0 atom stereocenters. The predicted octanol–water partition coefficient (Wildman–Crippen LogP) is 1.42. The summed E-state index contributed by atoms with van der Waals surface area (Å²) < 4.78 is 1.76. The molecule has 0 saturated heterocycles. The minimum absolute atomic E-state index is 0.0881. The van der Waals surface area contributed by atoms with E-state index in [1.165, 1.54) is 0 Å². The van der Waals surface area contributed by atoms with E-state index in [-0.39, 0.29) is 5.91 Å². The number of carbonyl (C=O) groups is 1. The number of carbonyl (C=O) groups excluding carboxylic acids is 1. The lowest BCUT2D eigenvalue weighted by atomic mass is 10.2. The van der Waals surface area contributed by atoms with Crippen LogP contribution in [0, 0.1) is 12.8 Å². The number of fused-ring (bicyclic) bond motifs is 1. The zero-order valence-electron chi connectivity index (χ0n) is 10.3. The van der Waals surface area contributed by atoms with Crippen molar-refractivity contribution in [2.24, 2.45) is 5.92 Å². The van der Waals surface area contributed by atoms with Gasteiger partial charge in [-0.25, -0.2) is 4.98 Å². The molecule has 0 aliphatic carbocycles. The summed E-state index contributed by atoms with van der Waals surface area (Å²) in [5.41, 5.74) is 2.00. The Morgan fingerprint density at radius 3 is 3.00 bits per heavy atom. The first kappa shape index (κ1) is 11.6. The highest BCUT2D eigenvalue weighted by atomic mass is 16.1. The smallest absolute Gasteiger partial charge is 0.270 e. The first-order valence-electron chi connectivity index (χ1n) is 5.66. The second kappa shape index (κ2) is 4.53. The zero-order chi connectivity index (χ0) is 12.4. The van der Waals surface area contributed by atoms with Crippen LogP contribution in [0.25, 0.3) is 5.65 Å². The normalized spacial score (nSPS) is 11.1. The number of imidazole rings is 1. The van der Waals surface area contributed by atoms with Gasteiger partial charge in [-0.2, -0.15) is 0 Å². The summed E-state index contributed by atoms with van der Waals surface area (Å²) in [6.07, 6.45) is 5.04. The van der Waals surface area contributed by atoms with Crippen molar-refractivity contribution >= 4 is 11.6 Å². The van der Waals surface area contributed by atoms with Crippen molar-refractivity contribution in [3.05, 3.63) is 30.0 Å². The van der Waals surface area contributed by atoms with Crippen LogP contribution < -0.4 is 5.32 Å². The maximum atomic E-state index is 12.1. The number of rotatable bonds is 3. The number of hydrogen-bond acceptors (Lipinski definition) is 3. The summed E-state index contributed by atoms with van der Waals surface area (Å²) in [5, 5.41) is 2.90. The van der Waals surface area contributed by atoms with Crippen molar-refractivity contribution in [2.75, 3.05) is 6.54 Å². The van der Waals surface area contributed by atoms with E-state index in [0.29, 0.717) is 23.8 Å². The lowest BCUT2D eigenvalue weighted by molar-refractivity contribution is 0.0942. The first-order valence-corrected chi connectivity index (χ1v) is 5.66. The molecule has 0 fully saturated rings. The van der Waals surface area contributed by atoms with Crippen LogP contribution in [-0.2, 0) is 0 Å². The van der Waals surface area contributed by atoms with Crippen LogP contribution in [0.15, 0.2) is 18.6 Å². The molecule has 2 aromatic heterocycles. The van der Waals surface area contributed by atoms with Crippen LogP contribution in [-0.4, -0.2) is 26.8 Å². The lowest BCUT2D eigenvalue weighted by Gasteiger charge is -2.07. The average Bonchev–Trinajstić information content (AvgIpc) is 2.61. The fourth-order valence-electron chi connectivity index (χ4n) is 1.68. The van der Waals surface area contributed by atoms with E-state index in [2.05, 4.69) is 29.1 Å². The molecule has 5 nitrogen and oxygen atoms in total. The minimum Gasteiger partial charge on any atom is -0.350 e. The van der Waals surface area contributed by atoms with Crippen molar-refractivity contribution in [3.63, 3.8) is 0 Å². The van der Waals surface area contributed by atoms with Gasteiger partial charge in [0.05, 0.1) is 11.9 Å². The van der Waals surface area contributed by atoms with Gasteiger partial charge in [-0.1, -0.05) is 13.8 Å². The van der Waals surface area contributed by atoms with Gasteiger partial charge in [0.25, 0.3) is 5.91 Å². The minimum atomic E-state index is -0.0881. The molecule has 0 aliphatic rings. The standard InChI is InChI=1S/C12H16N4O/c1-8(2)6-14-12(17)11-9(3)15-10-7-13-4-5-16(10)11/h4-5,7-8H,6H2,1-3H3,(H,14,17). The van der Waals surface area contributed by atoms with Crippen LogP contribution in [0.1, 0.15) is 30.0 Å². The monoisotopic (exact) mass is 232 g/mol. The van der Waals surface area contributed by atoms with Gasteiger partial charge in [0.15, 0.2) is 5.65 Å². The molecule has 0 aromatic carbocycles. The lowest BCUT2D eigenvalue weighted by Crippen LogP contribution is -2.28. The Morgan fingerprint density at radius 2 is 2.29 bits per heavy atom. The Kier molecular flexibility index (Phi) is 3.08. The Labute approximate surface area is 99.9 Å². The summed E-state index contributed by atoms with van der Waals surface area (Å²) in [7, 11) is 0. The first-order chi connectivity index (χ1) is 8.09. The van der Waals surface area contributed by atoms with Crippen LogP contribution >= 0.6 is 0 Å². The van der Waals surface area contributed by atoms with Gasteiger partial charge in [0, 0.05) is 18.9 Å². The van der Waals surface area contributed by atoms with E-state index < -0.39 is 0 Å². The molecule has 17 heavy (non-hydrogen) atoms. The molecule has 0 spiro atoms. The molecule has 0 bridgehead atoms. The van der Waals surface area contributed by atoms with Gasteiger partial charge in [0.1, 0.15) is 5.69 Å². The highest BCUT2D eigenvalue weighted by Gasteiger charge is 2.16. The molecule has 2 aromatic rings. The van der Waals surface area contributed by atoms with E-state index in [1.807, 2.05) is 6.92 Å². The van der Waals surface area contributed by atoms with Crippen molar-refractivity contribution in [2.45, 2.75) is 20.8 Å². The largest absolute Gasteiger partial charge is 0.350 e. The van der Waals surface area contributed by atoms with Crippen molar-refractivity contribution in [1.29, 1.82) is 0 Å². The topological polar surface area (TPSA) is 59.3 Å². The van der Waals surface area contributed by atoms with Gasteiger partial charge in [0.2, 0.25) is 0 Å². The fourth-order valence-corrected chi connectivity index (χ4v) is 1.68. The van der Waals surface area contributed by atoms with E-state index in [0.717, 1.165) is 5.69 Å². The molecule has 1 N–H and O–H groups in total. The number of aromatic nitrogens is 3. The molecule has 1 amide bonds. The highest BCUT2D eigenvalue weighted by molar-refractivity contribution is 5.94. The molecule has 2 heterocycles. The molecule has 90 valence electrons. The molecule has 0 aliphatic heterocycles. The Hall–Kier alpha value is -1.91. The molecule has 0 unspecified atom stereocenters. The summed E-state index contributed by atoms with van der Waals surface area (Å²) in [5.74, 6) is 0.343. The van der Waals surface area contributed by atoms with Crippen LogP contribution in [0.5, 0.6) is 0 Å². The third-order valence-corrected chi connectivity index (χ3v) is 2.49. The summed E-state index contributed by atoms with van der Waals surface area (Å²) >= 11 is 0. The maximum absolute atomic E-state index is 12.1. The molecule has 0 radical (unpaired) electrons. The Bertz CT molecular complexity index is 544. The summed E-state index contributed by atoms with van der Waals surface area (Å²) in [6.45, 7) is 6.62. The quantitative estimate of drug-likeness (QED) is 0.870. The molecular weight excluding hydrogens is 216 g/mol. The average molecular weight is 232 g/mol. The third kappa shape index (κ3) is 2.27. The van der Waals surface area contributed by atoms with Gasteiger partial charge in [-0.15, -0.1) is 0 Å². The van der Waals surface area contributed by atoms with Gasteiger partial charge in [-0.05, 0) is 12.8 Å². The van der Waals surface area contributed by atoms with Crippen molar-refractivity contribution in [1.82, 2.24) is 19.7 Å². The fraction of sp³-hybridized carbons (Fsp3) is 0.417. The van der Waals surface area contributed by atoms with E-state index >= 15 is 0 Å². The summed E-state index contributed by atoms with van der Waals surface area (Å²) in [6, 6.07) is 0. The van der Waals surface area contributed by atoms with Crippen LogP contribution in [0.4, 0.5) is 0 Å². The van der Waals surface area contributed by atoms with Crippen molar-refractivity contribution in [3.8, 4) is 0 Å². The number of hydrogen-bond donors (Lipinski definition) is 1. The molecular formula is C12H16N4O. The Balaban J connectivity index is 2.34. The van der Waals surface area contributed by atoms with E-state index in [9.17, 15) is 4.79 Å². The van der Waals surface area contributed by atoms with Crippen molar-refractivity contribution < 1.29 is 4.79 Å². The molecule has 2 rings (SSSR count). The van der Waals surface area contributed by atoms with Gasteiger partial charge < -0.3 is 5.32 Å². The highest BCUT2D eigenvalue weighted by Crippen LogP contribution is 2.10. The Morgan fingerprint density at radius 1 is 1.53 bits per heavy atom. The number of amides is 1. The van der Waals surface area contributed by atoms with E-state index in [1.54, 1.807) is 23.0 Å². The second-order valence-electron chi connectivity index (χ2n) is 4.45. The van der Waals surface area contributed by atoms with Gasteiger partial charge >= 0.3 is 0 Å². The molecule has 5 heteroatoms. The second-order valence-corrected chi connectivity index (χ2v) is 4.45. The number of aryl methyl sites for hydroxylation is 1. The van der Waals surface area contributed by atoms with Gasteiger partial charge in [-0.3, -0.25) is 14.2 Å². The predicted molar refractivity (Wildman–Crippen MR) is 64.9 cm³/mol. The third-order valence-electron chi connectivity index (χ3n) is 2.49. The van der Waals surface area contributed by atoms with Crippen LogP contribution in [0.3, 0.4) is 0 Å². The summed E-state index contributed by atoms with van der Waals surface area (Å²) in [4.78, 5) is 20.3.